The Morgan fingerprint density at radius 2 is 2.29 bits per heavy atom. The second-order valence-electron chi connectivity index (χ2n) is 5.68. The van der Waals surface area contributed by atoms with Gasteiger partial charge in [-0.2, -0.15) is 0 Å². The minimum Gasteiger partial charge on any atom is -0.476 e. The fourth-order valence-corrected chi connectivity index (χ4v) is 2.72. The van der Waals surface area contributed by atoms with Crippen molar-refractivity contribution in [3.63, 3.8) is 0 Å². The van der Waals surface area contributed by atoms with Gasteiger partial charge in [0.25, 0.3) is 0 Å². The van der Waals surface area contributed by atoms with Gasteiger partial charge in [-0.25, -0.2) is 14.6 Å². The molecule has 0 aromatic carbocycles. The predicted molar refractivity (Wildman–Crippen MR) is 77.2 cm³/mol. The van der Waals surface area contributed by atoms with E-state index in [-0.39, 0.29) is 11.7 Å². The summed E-state index contributed by atoms with van der Waals surface area (Å²) in [5, 5.41) is 11.7. The van der Waals surface area contributed by atoms with Crippen LogP contribution < -0.4 is 5.32 Å². The Balaban J connectivity index is 1.80. The number of nitrogens with one attached hydrogen (secondary N) is 1. The molecule has 1 aromatic heterocycles. The maximum absolute atomic E-state index is 12.2. The molecule has 1 saturated heterocycles. The largest absolute Gasteiger partial charge is 0.476 e. The van der Waals surface area contributed by atoms with Crippen molar-refractivity contribution in [3.05, 3.63) is 18.2 Å². The molecule has 21 heavy (non-hydrogen) atoms. The molecule has 2 amide bonds. The van der Waals surface area contributed by atoms with Crippen molar-refractivity contribution < 1.29 is 14.7 Å². The van der Waals surface area contributed by atoms with E-state index in [4.69, 9.17) is 5.11 Å². The van der Waals surface area contributed by atoms with Crippen LogP contribution >= 0.6 is 0 Å². The van der Waals surface area contributed by atoms with Crippen LogP contribution in [0, 0.1) is 5.92 Å². The molecule has 7 nitrogen and oxygen atoms in total. The van der Waals surface area contributed by atoms with Gasteiger partial charge in [-0.15, -0.1) is 0 Å². The first-order valence-electron chi connectivity index (χ1n) is 7.28. The van der Waals surface area contributed by atoms with E-state index >= 15 is 0 Å². The Kier molecular flexibility index (Phi) is 4.82. The first kappa shape index (κ1) is 15.3. The molecule has 0 aliphatic carbocycles. The topological polar surface area (TPSA) is 87.5 Å². The number of carboxylic acid groups (broad SMARTS) is 1. The fraction of sp³-hybridized carbons (Fsp3) is 0.643. The van der Waals surface area contributed by atoms with Gasteiger partial charge in [0.15, 0.2) is 5.69 Å². The molecule has 2 N–H and O–H groups in total. The van der Waals surface area contributed by atoms with Crippen molar-refractivity contribution in [1.29, 1.82) is 0 Å². The Morgan fingerprint density at radius 1 is 1.52 bits per heavy atom. The number of aromatic nitrogens is 2. The highest BCUT2D eigenvalue weighted by Crippen LogP contribution is 2.23. The Labute approximate surface area is 124 Å². The maximum atomic E-state index is 12.2. The Morgan fingerprint density at radius 3 is 2.90 bits per heavy atom. The van der Waals surface area contributed by atoms with Crippen molar-refractivity contribution in [2.45, 2.75) is 39.3 Å². The zero-order chi connectivity index (χ0) is 15.4. The number of carbonyl (C=O) groups excluding carboxylic acids is 1. The molecular formula is C14H22N4O3. The minimum absolute atomic E-state index is 0.0146. The molecule has 116 valence electrons. The molecule has 1 unspecified atom stereocenters. The van der Waals surface area contributed by atoms with Crippen LogP contribution in [0.3, 0.4) is 0 Å². The average molecular weight is 294 g/mol. The zero-order valence-corrected chi connectivity index (χ0v) is 12.5. The van der Waals surface area contributed by atoms with E-state index in [2.05, 4.69) is 24.1 Å². The Bertz CT molecular complexity index is 512. The zero-order valence-electron chi connectivity index (χ0n) is 12.5. The lowest BCUT2D eigenvalue weighted by Crippen LogP contribution is -2.45. The molecule has 0 spiro atoms. The predicted octanol–water partition coefficient (Wildman–Crippen LogP) is 1.41. The summed E-state index contributed by atoms with van der Waals surface area (Å²) in [5.74, 6) is -0.584. The van der Waals surface area contributed by atoms with Gasteiger partial charge in [0, 0.05) is 31.9 Å². The number of amides is 2. The molecule has 1 aromatic rings. The van der Waals surface area contributed by atoms with Crippen LogP contribution in [0.5, 0.6) is 0 Å². The van der Waals surface area contributed by atoms with E-state index in [1.165, 1.54) is 12.5 Å². The molecule has 1 aliphatic rings. The van der Waals surface area contributed by atoms with Gasteiger partial charge in [0.05, 0.1) is 6.33 Å². The molecule has 0 radical (unpaired) electrons. The normalized spacial score (nSPS) is 18.2. The van der Waals surface area contributed by atoms with Crippen LogP contribution in [0.25, 0.3) is 0 Å². The molecule has 2 heterocycles. The summed E-state index contributed by atoms with van der Waals surface area (Å²) in [5.41, 5.74) is 0.0146. The highest BCUT2D eigenvalue weighted by molar-refractivity contribution is 5.84. The number of imidazole rings is 1. The lowest BCUT2D eigenvalue weighted by molar-refractivity contribution is 0.0691. The van der Waals surface area contributed by atoms with Gasteiger partial charge in [0.2, 0.25) is 0 Å². The van der Waals surface area contributed by atoms with Gasteiger partial charge in [0.1, 0.15) is 0 Å². The van der Waals surface area contributed by atoms with Crippen LogP contribution in [-0.2, 0) is 6.54 Å². The quantitative estimate of drug-likeness (QED) is 0.859. The molecule has 7 heteroatoms. The number of rotatable bonds is 5. The summed E-state index contributed by atoms with van der Waals surface area (Å²) in [6.07, 6.45) is 5.04. The number of carbonyl (C=O) groups is 2. The second-order valence-corrected chi connectivity index (χ2v) is 5.68. The number of nitrogens with zero attached hydrogens (tertiary/aromatic N) is 3. The van der Waals surface area contributed by atoms with Gasteiger partial charge >= 0.3 is 12.0 Å². The van der Waals surface area contributed by atoms with Crippen LogP contribution in [-0.4, -0.2) is 50.7 Å². The van der Waals surface area contributed by atoms with Crippen LogP contribution in [0.15, 0.2) is 12.5 Å². The third kappa shape index (κ3) is 3.74. The van der Waals surface area contributed by atoms with Crippen molar-refractivity contribution in [3.8, 4) is 0 Å². The lowest BCUT2D eigenvalue weighted by atomic mass is 10.0. The number of likely N-dealkylation sites (tertiary alicyclic amines) is 1. The summed E-state index contributed by atoms with van der Waals surface area (Å²) in [7, 11) is 0. The standard InChI is InChI=1S/C14H22N4O3/c1-10(2)12-4-3-6-18(12)14(21)15-5-7-17-8-11(13(19)20)16-9-17/h8-10,12H,3-7H2,1-2H3,(H,15,21)(H,19,20). The van der Waals surface area contributed by atoms with E-state index in [0.29, 0.717) is 25.0 Å². The highest BCUT2D eigenvalue weighted by atomic mass is 16.4. The molecule has 0 bridgehead atoms. The monoisotopic (exact) mass is 294 g/mol. The Hall–Kier alpha value is -2.05. The van der Waals surface area contributed by atoms with E-state index in [1.807, 2.05) is 4.90 Å². The SMILES string of the molecule is CC(C)C1CCCN1C(=O)NCCn1cnc(C(=O)O)c1. The molecular weight excluding hydrogens is 272 g/mol. The van der Waals surface area contributed by atoms with Crippen molar-refractivity contribution in [2.24, 2.45) is 5.92 Å². The number of carboxylic acids is 1. The summed E-state index contributed by atoms with van der Waals surface area (Å²) in [6.45, 7) is 6.04. The van der Waals surface area contributed by atoms with Gasteiger partial charge < -0.3 is 19.9 Å². The molecule has 1 atom stereocenters. The van der Waals surface area contributed by atoms with E-state index < -0.39 is 5.97 Å². The maximum Gasteiger partial charge on any atom is 0.356 e. The van der Waals surface area contributed by atoms with E-state index in [9.17, 15) is 9.59 Å². The molecule has 0 saturated carbocycles. The van der Waals surface area contributed by atoms with Crippen LogP contribution in [0.4, 0.5) is 4.79 Å². The number of hydrogen-bond acceptors (Lipinski definition) is 3. The summed E-state index contributed by atoms with van der Waals surface area (Å²) in [6, 6.07) is 0.279. The number of aromatic carboxylic acids is 1. The second kappa shape index (κ2) is 6.60. The van der Waals surface area contributed by atoms with Crippen LogP contribution in [0.2, 0.25) is 0 Å². The van der Waals surface area contributed by atoms with Crippen molar-refractivity contribution in [2.75, 3.05) is 13.1 Å². The van der Waals surface area contributed by atoms with Crippen molar-refractivity contribution >= 4 is 12.0 Å². The molecule has 2 rings (SSSR count). The molecule has 1 aliphatic heterocycles. The average Bonchev–Trinajstić information content (AvgIpc) is 3.07. The number of urea groups is 1. The van der Waals surface area contributed by atoms with Gasteiger partial charge in [-0.3, -0.25) is 0 Å². The van der Waals surface area contributed by atoms with Crippen LogP contribution in [0.1, 0.15) is 37.2 Å². The van der Waals surface area contributed by atoms with Gasteiger partial charge in [-0.05, 0) is 18.8 Å². The third-order valence-electron chi connectivity index (χ3n) is 3.83. The lowest BCUT2D eigenvalue weighted by Gasteiger charge is -2.27. The molecule has 1 fully saturated rings. The van der Waals surface area contributed by atoms with Crippen molar-refractivity contribution in [1.82, 2.24) is 19.8 Å². The highest BCUT2D eigenvalue weighted by Gasteiger charge is 2.30. The smallest absolute Gasteiger partial charge is 0.356 e. The number of hydrogen-bond donors (Lipinski definition) is 2. The summed E-state index contributed by atoms with van der Waals surface area (Å²) in [4.78, 5) is 28.5. The fourth-order valence-electron chi connectivity index (χ4n) is 2.72. The first-order valence-corrected chi connectivity index (χ1v) is 7.28. The van der Waals surface area contributed by atoms with Gasteiger partial charge in [-0.1, -0.05) is 13.8 Å². The summed E-state index contributed by atoms with van der Waals surface area (Å²) < 4.78 is 1.66. The van der Waals surface area contributed by atoms with E-state index in [0.717, 1.165) is 19.4 Å². The first-order chi connectivity index (χ1) is 9.99. The summed E-state index contributed by atoms with van der Waals surface area (Å²) >= 11 is 0. The minimum atomic E-state index is -1.05. The third-order valence-corrected chi connectivity index (χ3v) is 3.83. The van der Waals surface area contributed by atoms with E-state index in [1.54, 1.807) is 4.57 Å².